The molecule has 1 aromatic rings. The maximum Gasteiger partial charge on any atom is 0.191 e. The molecule has 0 saturated carbocycles. The minimum Gasteiger partial charge on any atom is -0.379 e. The van der Waals surface area contributed by atoms with Crippen LogP contribution in [-0.4, -0.2) is 69.5 Å². The van der Waals surface area contributed by atoms with Gasteiger partial charge in [-0.25, -0.2) is 0 Å². The van der Waals surface area contributed by atoms with Crippen LogP contribution < -0.4 is 10.6 Å². The van der Waals surface area contributed by atoms with Crippen molar-refractivity contribution in [3.05, 3.63) is 29.3 Å². The van der Waals surface area contributed by atoms with Gasteiger partial charge in [-0.05, 0) is 43.5 Å². The number of nitrogens with zero attached hydrogens (tertiary/aromatic N) is 3. The van der Waals surface area contributed by atoms with E-state index in [-0.39, 0.29) is 24.0 Å². The van der Waals surface area contributed by atoms with Crippen molar-refractivity contribution in [2.45, 2.75) is 25.4 Å². The summed E-state index contributed by atoms with van der Waals surface area (Å²) in [6.45, 7) is 6.62. The highest BCUT2D eigenvalue weighted by Gasteiger charge is 2.18. The number of ether oxygens (including phenoxy) is 2. The molecule has 2 fully saturated rings. The fourth-order valence-corrected chi connectivity index (χ4v) is 3.42. The van der Waals surface area contributed by atoms with Gasteiger partial charge in [0.1, 0.15) is 0 Å². The van der Waals surface area contributed by atoms with Gasteiger partial charge in [0.25, 0.3) is 0 Å². The van der Waals surface area contributed by atoms with Gasteiger partial charge in [-0.15, -0.1) is 24.0 Å². The number of halogens is 2. The molecule has 2 aliphatic rings. The average Bonchev–Trinajstić information content (AvgIpc) is 3.19. The number of hydrogen-bond donors (Lipinski definition) is 1. The predicted molar refractivity (Wildman–Crippen MR) is 122 cm³/mol. The topological polar surface area (TPSA) is 63.3 Å². The summed E-state index contributed by atoms with van der Waals surface area (Å²) >= 11 is 5.95. The Morgan fingerprint density at radius 3 is 2.63 bits per heavy atom. The molecule has 27 heavy (non-hydrogen) atoms. The van der Waals surface area contributed by atoms with Crippen molar-refractivity contribution < 1.29 is 9.47 Å². The molecular formula is C19H30ClIN4O2. The molecule has 2 saturated heterocycles. The van der Waals surface area contributed by atoms with Gasteiger partial charge in [-0.2, -0.15) is 0 Å². The third-order valence-electron chi connectivity index (χ3n) is 4.84. The molecule has 1 unspecified atom stereocenters. The van der Waals surface area contributed by atoms with Crippen molar-refractivity contribution in [1.82, 2.24) is 4.90 Å². The van der Waals surface area contributed by atoms with Gasteiger partial charge in [0.2, 0.25) is 0 Å². The second kappa shape index (κ2) is 11.9. The van der Waals surface area contributed by atoms with Gasteiger partial charge in [0, 0.05) is 56.6 Å². The van der Waals surface area contributed by atoms with E-state index in [1.807, 2.05) is 12.1 Å². The number of nitrogens with two attached hydrogens (primary N) is 1. The summed E-state index contributed by atoms with van der Waals surface area (Å²) in [7, 11) is 0. The van der Waals surface area contributed by atoms with Crippen molar-refractivity contribution >= 4 is 47.2 Å². The standard InChI is InChI=1S/C19H29ClN4O2.HI/c20-16-4-6-17(7-5-16)23-9-11-24(12-10-23)19(21)22-8-2-13-25-15-18-3-1-14-26-18;/h4-7,18H,1-3,8-15H2,(H2,21,22);1H. The summed E-state index contributed by atoms with van der Waals surface area (Å²) in [5, 5.41) is 0.767. The van der Waals surface area contributed by atoms with Gasteiger partial charge in [-0.3, -0.25) is 4.99 Å². The molecule has 2 heterocycles. The first-order chi connectivity index (χ1) is 12.7. The summed E-state index contributed by atoms with van der Waals surface area (Å²) in [5.74, 6) is 0.639. The fourth-order valence-electron chi connectivity index (χ4n) is 3.30. The smallest absolute Gasteiger partial charge is 0.191 e. The minimum absolute atomic E-state index is 0. The van der Waals surface area contributed by atoms with E-state index in [1.165, 1.54) is 5.69 Å². The number of anilines is 1. The minimum atomic E-state index is 0. The molecule has 0 amide bonds. The Morgan fingerprint density at radius 1 is 1.22 bits per heavy atom. The molecule has 2 aliphatic heterocycles. The lowest BCUT2D eigenvalue weighted by atomic mass is 10.2. The summed E-state index contributed by atoms with van der Waals surface area (Å²) in [6, 6.07) is 7.98. The van der Waals surface area contributed by atoms with Crippen LogP contribution in [0.15, 0.2) is 29.3 Å². The van der Waals surface area contributed by atoms with Gasteiger partial charge < -0.3 is 25.0 Å². The van der Waals surface area contributed by atoms with Crippen LogP contribution in [0, 0.1) is 0 Å². The largest absolute Gasteiger partial charge is 0.379 e. The molecule has 6 nitrogen and oxygen atoms in total. The van der Waals surface area contributed by atoms with E-state index in [0.29, 0.717) is 31.8 Å². The Bertz CT molecular complexity index is 574. The summed E-state index contributed by atoms with van der Waals surface area (Å²) in [5.41, 5.74) is 7.35. The lowest BCUT2D eigenvalue weighted by molar-refractivity contribution is 0.0170. The second-order valence-corrected chi connectivity index (χ2v) is 7.19. The van der Waals surface area contributed by atoms with E-state index in [4.69, 9.17) is 26.8 Å². The number of benzene rings is 1. The van der Waals surface area contributed by atoms with Crippen molar-refractivity contribution in [3.63, 3.8) is 0 Å². The number of piperazine rings is 1. The van der Waals surface area contributed by atoms with Crippen molar-refractivity contribution in [1.29, 1.82) is 0 Å². The Morgan fingerprint density at radius 2 is 1.96 bits per heavy atom. The zero-order chi connectivity index (χ0) is 18.2. The van der Waals surface area contributed by atoms with Gasteiger partial charge in [0.05, 0.1) is 12.7 Å². The third kappa shape index (κ3) is 7.29. The normalized spacial score (nSPS) is 20.6. The number of guanidine groups is 1. The third-order valence-corrected chi connectivity index (χ3v) is 5.10. The molecule has 0 radical (unpaired) electrons. The Kier molecular flexibility index (Phi) is 9.95. The number of hydrogen-bond acceptors (Lipinski definition) is 4. The van der Waals surface area contributed by atoms with Crippen LogP contribution in [-0.2, 0) is 9.47 Å². The zero-order valence-corrected chi connectivity index (χ0v) is 18.8. The molecule has 3 rings (SSSR count). The maximum absolute atomic E-state index is 6.15. The quantitative estimate of drug-likeness (QED) is 0.266. The van der Waals surface area contributed by atoms with Crippen molar-refractivity contribution in [2.75, 3.05) is 57.4 Å². The van der Waals surface area contributed by atoms with Gasteiger partial charge in [0.15, 0.2) is 5.96 Å². The van der Waals surface area contributed by atoms with E-state index in [0.717, 1.165) is 57.1 Å². The maximum atomic E-state index is 6.15. The molecule has 0 aliphatic carbocycles. The fraction of sp³-hybridized carbons (Fsp3) is 0.632. The van der Waals surface area contributed by atoms with Crippen LogP contribution in [0.3, 0.4) is 0 Å². The zero-order valence-electron chi connectivity index (χ0n) is 15.7. The Labute approximate surface area is 184 Å². The van der Waals surface area contributed by atoms with Crippen LogP contribution in [0.25, 0.3) is 0 Å². The van der Waals surface area contributed by atoms with Crippen molar-refractivity contribution in [2.24, 2.45) is 10.7 Å². The van der Waals surface area contributed by atoms with Crippen LogP contribution in [0.2, 0.25) is 5.02 Å². The average molecular weight is 509 g/mol. The SMILES string of the molecule is I.NC(=NCCCOCC1CCCO1)N1CCN(c2ccc(Cl)cc2)CC1. The van der Waals surface area contributed by atoms with Gasteiger partial charge in [-0.1, -0.05) is 11.6 Å². The monoisotopic (exact) mass is 508 g/mol. The Hall–Kier alpha value is -0.770. The van der Waals surface area contributed by atoms with Crippen LogP contribution in [0.4, 0.5) is 5.69 Å². The summed E-state index contributed by atoms with van der Waals surface area (Å²) in [6.07, 6.45) is 3.45. The summed E-state index contributed by atoms with van der Waals surface area (Å²) in [4.78, 5) is 9.00. The van der Waals surface area contributed by atoms with E-state index in [1.54, 1.807) is 0 Å². The number of rotatable bonds is 7. The highest BCUT2D eigenvalue weighted by molar-refractivity contribution is 14.0. The molecule has 0 spiro atoms. The number of aliphatic imine (C=N–C) groups is 1. The molecule has 1 aromatic carbocycles. The van der Waals surface area contributed by atoms with Crippen molar-refractivity contribution in [3.8, 4) is 0 Å². The van der Waals surface area contributed by atoms with Crippen LogP contribution in [0.1, 0.15) is 19.3 Å². The molecular weight excluding hydrogens is 479 g/mol. The van der Waals surface area contributed by atoms with Crippen LogP contribution >= 0.6 is 35.6 Å². The van der Waals surface area contributed by atoms with Gasteiger partial charge >= 0.3 is 0 Å². The first kappa shape index (κ1) is 22.5. The van der Waals surface area contributed by atoms with E-state index in [9.17, 15) is 0 Å². The van der Waals surface area contributed by atoms with Crippen LogP contribution in [0.5, 0.6) is 0 Å². The molecule has 152 valence electrons. The molecule has 0 bridgehead atoms. The molecule has 0 aromatic heterocycles. The van der Waals surface area contributed by atoms with E-state index in [2.05, 4.69) is 26.9 Å². The molecule has 2 N–H and O–H groups in total. The van der Waals surface area contributed by atoms with E-state index >= 15 is 0 Å². The predicted octanol–water partition coefficient (Wildman–Crippen LogP) is 2.98. The lowest BCUT2D eigenvalue weighted by Gasteiger charge is -2.36. The second-order valence-electron chi connectivity index (χ2n) is 6.75. The molecule has 1 atom stereocenters. The highest BCUT2D eigenvalue weighted by atomic mass is 127. The molecule has 8 heteroatoms. The summed E-state index contributed by atoms with van der Waals surface area (Å²) < 4.78 is 11.2. The first-order valence-electron chi connectivity index (χ1n) is 9.47. The van der Waals surface area contributed by atoms with E-state index < -0.39 is 0 Å². The highest BCUT2D eigenvalue weighted by Crippen LogP contribution is 2.19. The Balaban J connectivity index is 0.00000261. The lowest BCUT2D eigenvalue weighted by Crippen LogP contribution is -2.51. The first-order valence-corrected chi connectivity index (χ1v) is 9.85.